The first-order chi connectivity index (χ1) is 8.56. The normalized spacial score (nSPS) is 10.1. The summed E-state index contributed by atoms with van der Waals surface area (Å²) in [7, 11) is 0. The van der Waals surface area contributed by atoms with Gasteiger partial charge in [0.2, 0.25) is 0 Å². The standard InChI is InChI=1S/C11H8BrClN4O/c12-9-4-16-10(5-15-9)17-11(18)7-3-6(13)1-2-8(7)14/h1-5H,14H2,(H,16,17,18). The highest BCUT2D eigenvalue weighted by Crippen LogP contribution is 2.19. The van der Waals surface area contributed by atoms with Gasteiger partial charge < -0.3 is 11.1 Å². The van der Waals surface area contributed by atoms with Gasteiger partial charge in [0.15, 0.2) is 5.82 Å². The number of carbonyl (C=O) groups is 1. The number of hydrogen-bond acceptors (Lipinski definition) is 4. The number of hydrogen-bond donors (Lipinski definition) is 2. The van der Waals surface area contributed by atoms with Gasteiger partial charge in [-0.1, -0.05) is 11.6 Å². The Kier molecular flexibility index (Phi) is 3.78. The summed E-state index contributed by atoms with van der Waals surface area (Å²) in [5.74, 6) is -0.0470. The summed E-state index contributed by atoms with van der Waals surface area (Å²) in [5.41, 5.74) is 6.35. The van der Waals surface area contributed by atoms with Crippen LogP contribution in [-0.4, -0.2) is 15.9 Å². The van der Waals surface area contributed by atoms with E-state index in [9.17, 15) is 4.79 Å². The second-order valence-electron chi connectivity index (χ2n) is 3.41. The Hall–Kier alpha value is -1.66. The van der Waals surface area contributed by atoms with Crippen LogP contribution in [0.25, 0.3) is 0 Å². The zero-order chi connectivity index (χ0) is 13.1. The second kappa shape index (κ2) is 5.32. The van der Waals surface area contributed by atoms with Gasteiger partial charge >= 0.3 is 0 Å². The van der Waals surface area contributed by atoms with Crippen molar-refractivity contribution in [3.05, 3.63) is 45.8 Å². The monoisotopic (exact) mass is 326 g/mol. The van der Waals surface area contributed by atoms with Crippen molar-refractivity contribution in [2.75, 3.05) is 11.1 Å². The molecule has 0 unspecified atom stereocenters. The first-order valence-corrected chi connectivity index (χ1v) is 6.07. The van der Waals surface area contributed by atoms with Crippen LogP contribution in [0.15, 0.2) is 35.2 Å². The Balaban J connectivity index is 2.21. The van der Waals surface area contributed by atoms with Crippen molar-refractivity contribution in [1.29, 1.82) is 0 Å². The molecule has 1 aromatic heterocycles. The summed E-state index contributed by atoms with van der Waals surface area (Å²) in [5, 5.41) is 3.02. The Morgan fingerprint density at radius 2 is 2.11 bits per heavy atom. The van der Waals surface area contributed by atoms with Crippen molar-refractivity contribution in [2.24, 2.45) is 0 Å². The third kappa shape index (κ3) is 2.96. The fourth-order valence-corrected chi connectivity index (χ4v) is 1.66. The highest BCUT2D eigenvalue weighted by atomic mass is 79.9. The summed E-state index contributed by atoms with van der Waals surface area (Å²) < 4.78 is 0.586. The van der Waals surface area contributed by atoms with Gasteiger partial charge in [-0.05, 0) is 34.1 Å². The lowest BCUT2D eigenvalue weighted by Gasteiger charge is -2.06. The number of rotatable bonds is 2. The maximum Gasteiger partial charge on any atom is 0.259 e. The number of halogens is 2. The van der Waals surface area contributed by atoms with Crippen LogP contribution in [0.2, 0.25) is 5.02 Å². The molecule has 2 rings (SSSR count). The van der Waals surface area contributed by atoms with E-state index in [0.29, 0.717) is 26.7 Å². The maximum absolute atomic E-state index is 11.9. The number of nitrogen functional groups attached to an aromatic ring is 1. The molecule has 0 saturated heterocycles. The van der Waals surface area contributed by atoms with Gasteiger partial charge in [0.25, 0.3) is 5.91 Å². The lowest BCUT2D eigenvalue weighted by Crippen LogP contribution is -2.15. The molecule has 1 aromatic carbocycles. The van der Waals surface area contributed by atoms with E-state index in [-0.39, 0.29) is 5.91 Å². The van der Waals surface area contributed by atoms with Crippen molar-refractivity contribution in [2.45, 2.75) is 0 Å². The third-order valence-corrected chi connectivity index (χ3v) is 2.77. The molecule has 3 N–H and O–H groups in total. The van der Waals surface area contributed by atoms with Crippen LogP contribution in [-0.2, 0) is 0 Å². The molecule has 0 spiro atoms. The average molecular weight is 328 g/mol. The summed E-state index contributed by atoms with van der Waals surface area (Å²) in [6.07, 6.45) is 2.92. The van der Waals surface area contributed by atoms with Crippen molar-refractivity contribution in [3.8, 4) is 0 Å². The number of carbonyl (C=O) groups excluding carboxylic acids is 1. The van der Waals surface area contributed by atoms with Crippen LogP contribution in [0, 0.1) is 0 Å². The van der Waals surface area contributed by atoms with Gasteiger partial charge in [0.05, 0.1) is 18.0 Å². The van der Waals surface area contributed by atoms with Crippen molar-refractivity contribution < 1.29 is 4.79 Å². The number of nitrogens with two attached hydrogens (primary N) is 1. The van der Waals surface area contributed by atoms with Crippen LogP contribution in [0.1, 0.15) is 10.4 Å². The van der Waals surface area contributed by atoms with Crippen LogP contribution < -0.4 is 11.1 Å². The molecule has 0 radical (unpaired) electrons. The minimum absolute atomic E-state index is 0.298. The van der Waals surface area contributed by atoms with E-state index < -0.39 is 0 Å². The van der Waals surface area contributed by atoms with Crippen LogP contribution in [0.4, 0.5) is 11.5 Å². The molecule has 0 aliphatic rings. The van der Waals surface area contributed by atoms with Gasteiger partial charge in [-0.3, -0.25) is 4.79 Å². The molecule has 0 bridgehead atoms. The van der Waals surface area contributed by atoms with Crippen LogP contribution in [0.5, 0.6) is 0 Å². The minimum atomic E-state index is -0.383. The van der Waals surface area contributed by atoms with E-state index in [2.05, 4.69) is 31.2 Å². The van der Waals surface area contributed by atoms with Crippen molar-refractivity contribution in [3.63, 3.8) is 0 Å². The molecule has 5 nitrogen and oxygen atoms in total. The first kappa shape index (κ1) is 12.8. The predicted molar refractivity (Wildman–Crippen MR) is 73.5 cm³/mol. The number of amides is 1. The highest BCUT2D eigenvalue weighted by molar-refractivity contribution is 9.10. The molecule has 0 aliphatic heterocycles. The summed E-state index contributed by atoms with van der Waals surface area (Å²) >= 11 is 8.97. The molecular formula is C11H8BrClN4O. The minimum Gasteiger partial charge on any atom is -0.398 e. The maximum atomic E-state index is 11.9. The lowest BCUT2D eigenvalue weighted by atomic mass is 10.1. The molecule has 0 atom stereocenters. The third-order valence-electron chi connectivity index (χ3n) is 2.12. The molecule has 1 heterocycles. The van der Waals surface area contributed by atoms with Gasteiger partial charge in [-0.15, -0.1) is 0 Å². The van der Waals surface area contributed by atoms with Gasteiger partial charge in [-0.25, -0.2) is 9.97 Å². The Bertz CT molecular complexity index is 588. The highest BCUT2D eigenvalue weighted by Gasteiger charge is 2.11. The average Bonchev–Trinajstić information content (AvgIpc) is 2.35. The van der Waals surface area contributed by atoms with E-state index >= 15 is 0 Å². The molecule has 0 fully saturated rings. The lowest BCUT2D eigenvalue weighted by molar-refractivity contribution is 0.102. The van der Waals surface area contributed by atoms with E-state index in [1.807, 2.05) is 0 Å². The topological polar surface area (TPSA) is 80.9 Å². The summed E-state index contributed by atoms with van der Waals surface area (Å²) in [6, 6.07) is 4.69. The number of aromatic nitrogens is 2. The molecule has 2 aromatic rings. The predicted octanol–water partition coefficient (Wildman–Crippen LogP) is 2.73. The quantitative estimate of drug-likeness (QED) is 0.831. The van der Waals surface area contributed by atoms with E-state index in [1.54, 1.807) is 12.1 Å². The Morgan fingerprint density at radius 1 is 1.33 bits per heavy atom. The Morgan fingerprint density at radius 3 is 2.78 bits per heavy atom. The molecule has 92 valence electrons. The van der Waals surface area contributed by atoms with E-state index in [4.69, 9.17) is 17.3 Å². The number of nitrogens with one attached hydrogen (secondary N) is 1. The smallest absolute Gasteiger partial charge is 0.259 e. The molecule has 1 amide bonds. The zero-order valence-electron chi connectivity index (χ0n) is 9.02. The fraction of sp³-hybridized carbons (Fsp3) is 0. The fourth-order valence-electron chi connectivity index (χ4n) is 1.29. The van der Waals surface area contributed by atoms with E-state index in [1.165, 1.54) is 18.5 Å². The summed E-state index contributed by atoms with van der Waals surface area (Å²) in [6.45, 7) is 0. The molecule has 0 saturated carbocycles. The molecule has 18 heavy (non-hydrogen) atoms. The van der Waals surface area contributed by atoms with Crippen LogP contribution >= 0.6 is 27.5 Å². The van der Waals surface area contributed by atoms with Gasteiger partial charge in [-0.2, -0.15) is 0 Å². The first-order valence-electron chi connectivity index (χ1n) is 4.90. The molecule has 7 heteroatoms. The Labute approximate surface area is 117 Å². The number of benzene rings is 1. The SMILES string of the molecule is Nc1ccc(Cl)cc1C(=O)Nc1cnc(Br)cn1. The van der Waals surface area contributed by atoms with Crippen LogP contribution in [0.3, 0.4) is 0 Å². The molecular weight excluding hydrogens is 320 g/mol. The number of nitrogens with zero attached hydrogens (tertiary/aromatic N) is 2. The van der Waals surface area contributed by atoms with Crippen molar-refractivity contribution in [1.82, 2.24) is 9.97 Å². The van der Waals surface area contributed by atoms with Gasteiger partial charge in [0.1, 0.15) is 4.60 Å². The zero-order valence-corrected chi connectivity index (χ0v) is 11.4. The van der Waals surface area contributed by atoms with E-state index in [0.717, 1.165) is 0 Å². The van der Waals surface area contributed by atoms with Crippen molar-refractivity contribution >= 4 is 44.9 Å². The summed E-state index contributed by atoms with van der Waals surface area (Å²) in [4.78, 5) is 19.9. The number of anilines is 2. The largest absolute Gasteiger partial charge is 0.398 e. The second-order valence-corrected chi connectivity index (χ2v) is 4.66. The van der Waals surface area contributed by atoms with Gasteiger partial charge in [0, 0.05) is 10.7 Å². The molecule has 0 aliphatic carbocycles.